The number of rotatable bonds is 7. The van der Waals surface area contributed by atoms with Gasteiger partial charge in [0.05, 0.1) is 5.94 Å². The highest BCUT2D eigenvalue weighted by molar-refractivity contribution is 6.43. The van der Waals surface area contributed by atoms with Gasteiger partial charge in [0.15, 0.2) is 0 Å². The number of nitrogens with zero attached hydrogens (tertiary/aromatic N) is 2. The topological polar surface area (TPSA) is 145 Å². The third-order valence-electron chi connectivity index (χ3n) is 3.36. The molecule has 10 heteroatoms. The monoisotopic (exact) mass is 333 g/mol. The molecule has 0 saturated heterocycles. The number of benzene rings is 1. The molecule has 2 aromatic rings. The Hall–Kier alpha value is -2.85. The summed E-state index contributed by atoms with van der Waals surface area (Å²) in [5.41, 5.74) is -0.131. The van der Waals surface area contributed by atoms with Crippen LogP contribution in [0.1, 0.15) is 15.9 Å². The number of phenols is 1. The summed E-state index contributed by atoms with van der Waals surface area (Å²) in [4.78, 5) is 22.9. The lowest BCUT2D eigenvalue weighted by Crippen LogP contribution is -2.48. The second kappa shape index (κ2) is 7.62. The van der Waals surface area contributed by atoms with E-state index in [2.05, 4.69) is 10.4 Å². The smallest absolute Gasteiger partial charge is 0.475 e. The molecule has 5 N–H and O–H groups in total. The fourth-order valence-corrected chi connectivity index (χ4v) is 2.19. The van der Waals surface area contributed by atoms with Gasteiger partial charge in [-0.25, -0.2) is 4.79 Å². The zero-order chi connectivity index (χ0) is 17.7. The zero-order valence-electron chi connectivity index (χ0n) is 12.5. The summed E-state index contributed by atoms with van der Waals surface area (Å²) < 4.78 is 1.36. The summed E-state index contributed by atoms with van der Waals surface area (Å²) in [6.45, 7) is -0.114. The third-order valence-corrected chi connectivity index (χ3v) is 3.36. The first-order chi connectivity index (χ1) is 11.4. The summed E-state index contributed by atoms with van der Waals surface area (Å²) in [6, 6.07) is 5.73. The average molecular weight is 333 g/mol. The number of carboxylic acid groups (broad SMARTS) is 1. The van der Waals surface area contributed by atoms with Crippen molar-refractivity contribution in [3.63, 3.8) is 0 Å². The molecule has 1 atom stereocenters. The molecule has 0 saturated carbocycles. The van der Waals surface area contributed by atoms with Crippen molar-refractivity contribution in [3.8, 4) is 5.75 Å². The molecule has 126 valence electrons. The Morgan fingerprint density at radius 3 is 2.62 bits per heavy atom. The van der Waals surface area contributed by atoms with E-state index in [1.807, 2.05) is 0 Å². The molecule has 0 spiro atoms. The van der Waals surface area contributed by atoms with Crippen molar-refractivity contribution in [2.45, 2.75) is 18.9 Å². The minimum absolute atomic E-state index is 0.114. The van der Waals surface area contributed by atoms with E-state index < -0.39 is 30.7 Å². The second-order valence-electron chi connectivity index (χ2n) is 5.11. The van der Waals surface area contributed by atoms with Gasteiger partial charge in [-0.1, -0.05) is 12.1 Å². The predicted molar refractivity (Wildman–Crippen MR) is 83.1 cm³/mol. The fraction of sp³-hybridized carbons (Fsp3) is 0.214. The van der Waals surface area contributed by atoms with Crippen LogP contribution in [0.4, 0.5) is 0 Å². The Labute approximate surface area is 137 Å². The highest BCUT2D eigenvalue weighted by Crippen LogP contribution is 2.23. The number of nitrogens with one attached hydrogen (secondary N) is 1. The average Bonchev–Trinajstić information content (AvgIpc) is 3.00. The van der Waals surface area contributed by atoms with Crippen LogP contribution in [0.15, 0.2) is 36.7 Å². The van der Waals surface area contributed by atoms with Crippen LogP contribution in [0.5, 0.6) is 5.75 Å². The van der Waals surface area contributed by atoms with Crippen LogP contribution in [0.25, 0.3) is 0 Å². The Bertz CT molecular complexity index is 719. The minimum atomic E-state index is -1.89. The molecule has 2 rings (SSSR count). The number of aromatic carboxylic acids is 1. The molecule has 1 unspecified atom stereocenters. The first-order valence-corrected chi connectivity index (χ1v) is 7.05. The number of hydrogen-bond donors (Lipinski definition) is 5. The van der Waals surface area contributed by atoms with E-state index in [1.54, 1.807) is 12.3 Å². The van der Waals surface area contributed by atoms with E-state index in [0.717, 1.165) is 0 Å². The number of carbonyl (C=O) groups excluding carboxylic acids is 1. The lowest BCUT2D eigenvalue weighted by molar-refractivity contribution is -0.122. The van der Waals surface area contributed by atoms with E-state index in [-0.39, 0.29) is 24.1 Å². The van der Waals surface area contributed by atoms with Gasteiger partial charge in [-0.2, -0.15) is 5.10 Å². The molecule has 1 amide bonds. The van der Waals surface area contributed by atoms with E-state index >= 15 is 0 Å². The Balaban J connectivity index is 2.10. The first-order valence-electron chi connectivity index (χ1n) is 7.05. The number of amides is 1. The maximum absolute atomic E-state index is 11.9. The van der Waals surface area contributed by atoms with Gasteiger partial charge in [0.1, 0.15) is 17.9 Å². The molecule has 0 aliphatic heterocycles. The van der Waals surface area contributed by atoms with Crippen LogP contribution >= 0.6 is 0 Å². The van der Waals surface area contributed by atoms with Crippen LogP contribution in [0, 0.1) is 0 Å². The van der Waals surface area contributed by atoms with Gasteiger partial charge in [-0.05, 0) is 24.1 Å². The van der Waals surface area contributed by atoms with E-state index in [4.69, 9.17) is 5.11 Å². The molecule has 1 aromatic heterocycles. The van der Waals surface area contributed by atoms with Gasteiger partial charge in [-0.15, -0.1) is 0 Å². The molecular weight excluding hydrogens is 317 g/mol. The Kier molecular flexibility index (Phi) is 5.56. The van der Waals surface area contributed by atoms with Gasteiger partial charge in [-0.3, -0.25) is 9.48 Å². The van der Waals surface area contributed by atoms with Gasteiger partial charge < -0.3 is 25.6 Å². The molecule has 9 nitrogen and oxygen atoms in total. The molecule has 0 aliphatic rings. The van der Waals surface area contributed by atoms with Crippen molar-refractivity contribution in [2.75, 3.05) is 0 Å². The number of para-hydroxylation sites is 1. The summed E-state index contributed by atoms with van der Waals surface area (Å²) in [5, 5.41) is 44.1. The number of hydrogen-bond acceptors (Lipinski definition) is 6. The number of carboxylic acids is 1. The highest BCUT2D eigenvalue weighted by Gasteiger charge is 2.27. The highest BCUT2D eigenvalue weighted by atomic mass is 16.4. The van der Waals surface area contributed by atoms with E-state index in [0.29, 0.717) is 0 Å². The summed E-state index contributed by atoms with van der Waals surface area (Å²) in [7, 11) is -1.89. The van der Waals surface area contributed by atoms with Crippen LogP contribution in [-0.4, -0.2) is 55.0 Å². The molecule has 0 radical (unpaired) electrons. The van der Waals surface area contributed by atoms with Crippen molar-refractivity contribution in [1.29, 1.82) is 0 Å². The van der Waals surface area contributed by atoms with Crippen LogP contribution in [-0.2, 0) is 17.8 Å². The standard InChI is InChI=1S/C14H16BN3O6/c19-12(8-18-6-2-5-16-18)17-11(15(23)24)7-9-3-1-4-10(13(9)20)14(21)22/h1-6,11,20,23-24H,7-8H2,(H,17,19)(H,21,22). The molecule has 1 heterocycles. The van der Waals surface area contributed by atoms with Crippen LogP contribution < -0.4 is 5.32 Å². The van der Waals surface area contributed by atoms with Gasteiger partial charge in [0.25, 0.3) is 0 Å². The lowest BCUT2D eigenvalue weighted by atomic mass is 9.75. The molecule has 1 aromatic carbocycles. The van der Waals surface area contributed by atoms with Gasteiger partial charge >= 0.3 is 13.1 Å². The number of aromatic nitrogens is 2. The predicted octanol–water partition coefficient (Wildman–Crippen LogP) is -0.974. The fourth-order valence-electron chi connectivity index (χ4n) is 2.19. The van der Waals surface area contributed by atoms with Crippen molar-refractivity contribution in [1.82, 2.24) is 15.1 Å². The minimum Gasteiger partial charge on any atom is -0.507 e. The van der Waals surface area contributed by atoms with Crippen LogP contribution in [0.2, 0.25) is 0 Å². The molecule has 0 bridgehead atoms. The Morgan fingerprint density at radius 2 is 2.04 bits per heavy atom. The van der Waals surface area contributed by atoms with Crippen LogP contribution in [0.3, 0.4) is 0 Å². The maximum atomic E-state index is 11.9. The summed E-state index contributed by atoms with van der Waals surface area (Å²) >= 11 is 0. The number of aromatic hydroxyl groups is 1. The SMILES string of the molecule is O=C(Cn1cccn1)NC(Cc1cccc(C(=O)O)c1O)B(O)O. The maximum Gasteiger partial charge on any atom is 0.475 e. The largest absolute Gasteiger partial charge is 0.507 e. The Morgan fingerprint density at radius 1 is 1.29 bits per heavy atom. The molecule has 0 aliphatic carbocycles. The zero-order valence-corrected chi connectivity index (χ0v) is 12.5. The van der Waals surface area contributed by atoms with Crippen molar-refractivity contribution >= 4 is 19.0 Å². The van der Waals surface area contributed by atoms with Gasteiger partial charge in [0, 0.05) is 12.4 Å². The van der Waals surface area contributed by atoms with E-state index in [1.165, 1.54) is 29.1 Å². The normalized spacial score (nSPS) is 11.8. The molecular formula is C14H16BN3O6. The quantitative estimate of drug-likeness (QED) is 0.410. The van der Waals surface area contributed by atoms with Crippen molar-refractivity contribution < 1.29 is 29.9 Å². The lowest BCUT2D eigenvalue weighted by Gasteiger charge is -2.19. The number of carbonyl (C=O) groups is 2. The molecule has 24 heavy (non-hydrogen) atoms. The summed E-state index contributed by atoms with van der Waals surface area (Å²) in [5.74, 6) is -3.41. The van der Waals surface area contributed by atoms with Crippen molar-refractivity contribution in [3.05, 3.63) is 47.8 Å². The first kappa shape index (κ1) is 17.5. The second-order valence-corrected chi connectivity index (χ2v) is 5.11. The van der Waals surface area contributed by atoms with Crippen molar-refractivity contribution in [2.24, 2.45) is 0 Å². The summed E-state index contributed by atoms with van der Waals surface area (Å²) in [6.07, 6.45) is 2.92. The molecule has 0 fully saturated rings. The third kappa shape index (κ3) is 4.34. The van der Waals surface area contributed by atoms with E-state index in [9.17, 15) is 24.7 Å². The van der Waals surface area contributed by atoms with Gasteiger partial charge in [0.2, 0.25) is 5.91 Å².